The molecular formula is C10H20N2OS. The van der Waals surface area contributed by atoms with E-state index in [1.165, 1.54) is 17.9 Å². The van der Waals surface area contributed by atoms with Gasteiger partial charge in [-0.25, -0.2) is 4.79 Å². The van der Waals surface area contributed by atoms with Crippen molar-refractivity contribution in [2.45, 2.75) is 32.7 Å². The van der Waals surface area contributed by atoms with Gasteiger partial charge < -0.3 is 10.6 Å². The molecule has 4 heteroatoms. The molecule has 1 atom stereocenters. The number of amides is 2. The largest absolute Gasteiger partial charge is 0.338 e. The summed E-state index contributed by atoms with van der Waals surface area (Å²) in [6, 6.07) is -0.0469. The molecule has 82 valence electrons. The molecule has 1 fully saturated rings. The van der Waals surface area contributed by atoms with Crippen LogP contribution >= 0.6 is 11.8 Å². The summed E-state index contributed by atoms with van der Waals surface area (Å²) < 4.78 is 0. The van der Waals surface area contributed by atoms with E-state index in [1.54, 1.807) is 0 Å². The lowest BCUT2D eigenvalue weighted by molar-refractivity contribution is 0.230. The quantitative estimate of drug-likeness (QED) is 0.739. The van der Waals surface area contributed by atoms with Crippen LogP contribution in [-0.2, 0) is 0 Å². The number of carbonyl (C=O) groups is 1. The fourth-order valence-corrected chi connectivity index (χ4v) is 2.65. The van der Waals surface area contributed by atoms with Crippen molar-refractivity contribution in [3.63, 3.8) is 0 Å². The summed E-state index contributed by atoms with van der Waals surface area (Å²) >= 11 is 1.98. The smallest absolute Gasteiger partial charge is 0.315 e. The molecule has 1 aliphatic rings. The second-order valence-electron chi connectivity index (χ2n) is 4.81. The summed E-state index contributed by atoms with van der Waals surface area (Å²) in [5.41, 5.74) is -0.144. The van der Waals surface area contributed by atoms with Gasteiger partial charge in [0.1, 0.15) is 0 Å². The highest BCUT2D eigenvalue weighted by Gasteiger charge is 2.17. The van der Waals surface area contributed by atoms with E-state index in [1.807, 2.05) is 32.5 Å². The highest BCUT2D eigenvalue weighted by Crippen LogP contribution is 2.22. The number of thioether (sulfide) groups is 1. The minimum absolute atomic E-state index is 0.0469. The number of hydrogen-bond acceptors (Lipinski definition) is 2. The third-order valence-corrected chi connectivity index (χ3v) is 3.30. The third-order valence-electron chi connectivity index (χ3n) is 2.06. The van der Waals surface area contributed by atoms with Gasteiger partial charge in [-0.3, -0.25) is 0 Å². The Hall–Kier alpha value is -0.380. The van der Waals surface area contributed by atoms with Crippen molar-refractivity contribution in [3.8, 4) is 0 Å². The first kappa shape index (κ1) is 11.7. The first-order valence-corrected chi connectivity index (χ1v) is 6.26. The number of rotatable bonds is 2. The van der Waals surface area contributed by atoms with Gasteiger partial charge in [0.2, 0.25) is 0 Å². The number of hydrogen-bond donors (Lipinski definition) is 2. The van der Waals surface area contributed by atoms with Crippen LogP contribution in [-0.4, -0.2) is 29.6 Å². The van der Waals surface area contributed by atoms with E-state index in [0.29, 0.717) is 5.92 Å². The molecule has 0 radical (unpaired) electrons. The molecular weight excluding hydrogens is 196 g/mol. The van der Waals surface area contributed by atoms with Crippen LogP contribution in [0.5, 0.6) is 0 Å². The molecule has 3 nitrogen and oxygen atoms in total. The average molecular weight is 216 g/mol. The van der Waals surface area contributed by atoms with E-state index in [9.17, 15) is 4.79 Å². The Bertz CT molecular complexity index is 195. The molecule has 2 amide bonds. The standard InChI is InChI=1S/C10H20N2OS/c1-10(2,3)12-9(13)11-6-8-4-5-14-7-8/h8H,4-7H2,1-3H3,(H2,11,12,13). The van der Waals surface area contributed by atoms with Crippen LogP contribution in [0, 0.1) is 5.92 Å². The fraction of sp³-hybridized carbons (Fsp3) is 0.900. The Morgan fingerprint density at radius 2 is 2.21 bits per heavy atom. The van der Waals surface area contributed by atoms with Gasteiger partial charge in [-0.05, 0) is 44.6 Å². The zero-order chi connectivity index (χ0) is 10.6. The summed E-state index contributed by atoms with van der Waals surface area (Å²) in [6.45, 7) is 6.77. The van der Waals surface area contributed by atoms with Crippen LogP contribution < -0.4 is 10.6 Å². The Morgan fingerprint density at radius 3 is 2.71 bits per heavy atom. The van der Waals surface area contributed by atoms with E-state index < -0.39 is 0 Å². The van der Waals surface area contributed by atoms with Gasteiger partial charge in [0.15, 0.2) is 0 Å². The van der Waals surface area contributed by atoms with Crippen LogP contribution in [0.15, 0.2) is 0 Å². The van der Waals surface area contributed by atoms with Gasteiger partial charge in [-0.2, -0.15) is 11.8 Å². The van der Waals surface area contributed by atoms with E-state index in [0.717, 1.165) is 6.54 Å². The maximum Gasteiger partial charge on any atom is 0.315 e. The molecule has 1 saturated heterocycles. The first-order valence-electron chi connectivity index (χ1n) is 5.11. The maximum absolute atomic E-state index is 11.4. The molecule has 1 aliphatic heterocycles. The molecule has 0 bridgehead atoms. The van der Waals surface area contributed by atoms with Gasteiger partial charge in [0.05, 0.1) is 0 Å². The molecule has 0 aromatic heterocycles. The normalized spacial score (nSPS) is 22.1. The second-order valence-corrected chi connectivity index (χ2v) is 5.96. The number of urea groups is 1. The Balaban J connectivity index is 2.14. The molecule has 14 heavy (non-hydrogen) atoms. The van der Waals surface area contributed by atoms with E-state index in [-0.39, 0.29) is 11.6 Å². The Morgan fingerprint density at radius 1 is 1.50 bits per heavy atom. The molecule has 0 saturated carbocycles. The Kier molecular flexibility index (Phi) is 4.11. The summed E-state index contributed by atoms with van der Waals surface area (Å²) in [7, 11) is 0. The number of carbonyl (C=O) groups excluding carboxylic acids is 1. The number of nitrogens with one attached hydrogen (secondary N) is 2. The molecule has 1 unspecified atom stereocenters. The van der Waals surface area contributed by atoms with Gasteiger partial charge >= 0.3 is 6.03 Å². The van der Waals surface area contributed by atoms with Crippen LogP contribution in [0.4, 0.5) is 4.79 Å². The van der Waals surface area contributed by atoms with Crippen molar-refractivity contribution >= 4 is 17.8 Å². The van der Waals surface area contributed by atoms with Crippen LogP contribution in [0.25, 0.3) is 0 Å². The summed E-state index contributed by atoms with van der Waals surface area (Å²) in [5.74, 6) is 3.11. The van der Waals surface area contributed by atoms with Crippen molar-refractivity contribution in [2.75, 3.05) is 18.1 Å². The van der Waals surface area contributed by atoms with Gasteiger partial charge in [0.25, 0.3) is 0 Å². The fourth-order valence-electron chi connectivity index (χ4n) is 1.37. The van der Waals surface area contributed by atoms with Crippen molar-refractivity contribution in [1.29, 1.82) is 0 Å². The summed E-state index contributed by atoms with van der Waals surface area (Å²) in [6.07, 6.45) is 1.24. The van der Waals surface area contributed by atoms with Gasteiger partial charge in [0, 0.05) is 12.1 Å². The lowest BCUT2D eigenvalue weighted by Crippen LogP contribution is -2.47. The minimum Gasteiger partial charge on any atom is -0.338 e. The van der Waals surface area contributed by atoms with E-state index in [4.69, 9.17) is 0 Å². The van der Waals surface area contributed by atoms with E-state index >= 15 is 0 Å². The predicted octanol–water partition coefficient (Wildman–Crippen LogP) is 1.84. The van der Waals surface area contributed by atoms with Crippen LogP contribution in [0.3, 0.4) is 0 Å². The second kappa shape index (κ2) is 4.91. The Labute approximate surface area is 90.4 Å². The average Bonchev–Trinajstić information content (AvgIpc) is 2.49. The molecule has 0 aromatic carbocycles. The van der Waals surface area contributed by atoms with Crippen molar-refractivity contribution in [1.82, 2.24) is 10.6 Å². The van der Waals surface area contributed by atoms with Gasteiger partial charge in [-0.1, -0.05) is 0 Å². The van der Waals surface area contributed by atoms with Crippen LogP contribution in [0.2, 0.25) is 0 Å². The van der Waals surface area contributed by atoms with E-state index in [2.05, 4.69) is 10.6 Å². The van der Waals surface area contributed by atoms with Crippen molar-refractivity contribution in [2.24, 2.45) is 5.92 Å². The lowest BCUT2D eigenvalue weighted by atomic mass is 10.1. The molecule has 2 N–H and O–H groups in total. The SMILES string of the molecule is CC(C)(C)NC(=O)NCC1CCSC1. The monoisotopic (exact) mass is 216 g/mol. The molecule has 1 rings (SSSR count). The molecule has 1 heterocycles. The minimum atomic E-state index is -0.144. The zero-order valence-electron chi connectivity index (χ0n) is 9.22. The highest BCUT2D eigenvalue weighted by molar-refractivity contribution is 7.99. The highest BCUT2D eigenvalue weighted by atomic mass is 32.2. The summed E-state index contributed by atoms with van der Waals surface area (Å²) in [4.78, 5) is 11.4. The molecule has 0 aliphatic carbocycles. The maximum atomic E-state index is 11.4. The topological polar surface area (TPSA) is 41.1 Å². The zero-order valence-corrected chi connectivity index (χ0v) is 10.0. The predicted molar refractivity (Wildman–Crippen MR) is 61.7 cm³/mol. The molecule has 0 aromatic rings. The van der Waals surface area contributed by atoms with Crippen molar-refractivity contribution < 1.29 is 4.79 Å². The van der Waals surface area contributed by atoms with Gasteiger partial charge in [-0.15, -0.1) is 0 Å². The van der Waals surface area contributed by atoms with Crippen molar-refractivity contribution in [3.05, 3.63) is 0 Å². The third kappa shape index (κ3) is 4.74. The lowest BCUT2D eigenvalue weighted by Gasteiger charge is -2.21. The van der Waals surface area contributed by atoms with Crippen LogP contribution in [0.1, 0.15) is 27.2 Å². The first-order chi connectivity index (χ1) is 6.47. The molecule has 0 spiro atoms. The summed E-state index contributed by atoms with van der Waals surface area (Å²) in [5, 5.41) is 5.80.